The van der Waals surface area contributed by atoms with E-state index in [4.69, 9.17) is 0 Å². The number of aliphatic imine (C=N–C) groups is 1. The van der Waals surface area contributed by atoms with Crippen molar-refractivity contribution in [2.75, 3.05) is 13.6 Å². The minimum Gasteiger partial charge on any atom is -0.354 e. The summed E-state index contributed by atoms with van der Waals surface area (Å²) < 4.78 is 0. The van der Waals surface area contributed by atoms with E-state index in [0.29, 0.717) is 30.6 Å². The number of hydrogen-bond acceptors (Lipinski definition) is 2. The van der Waals surface area contributed by atoms with Crippen molar-refractivity contribution < 1.29 is 4.79 Å². The summed E-state index contributed by atoms with van der Waals surface area (Å²) >= 11 is 0. The summed E-state index contributed by atoms with van der Waals surface area (Å²) in [6.07, 6.45) is 3.25. The number of halogens is 1. The van der Waals surface area contributed by atoms with Crippen LogP contribution in [0.25, 0.3) is 0 Å². The van der Waals surface area contributed by atoms with Crippen LogP contribution in [-0.2, 0) is 6.54 Å². The van der Waals surface area contributed by atoms with Gasteiger partial charge in [-0.05, 0) is 49.8 Å². The number of guanidine groups is 1. The van der Waals surface area contributed by atoms with Crippen molar-refractivity contribution >= 4 is 35.8 Å². The second-order valence-corrected chi connectivity index (χ2v) is 6.90. The molecule has 0 aliphatic rings. The quantitative estimate of drug-likeness (QED) is 0.289. The highest BCUT2D eigenvalue weighted by Gasteiger charge is 2.08. The van der Waals surface area contributed by atoms with Crippen LogP contribution in [0.4, 0.5) is 0 Å². The molecule has 0 saturated heterocycles. The predicted octanol–water partition coefficient (Wildman–Crippen LogP) is 3.93. The summed E-state index contributed by atoms with van der Waals surface area (Å²) in [7, 11) is 1.78. The number of carbonyl (C=O) groups excluding carboxylic acids is 1. The van der Waals surface area contributed by atoms with Crippen LogP contribution in [0.15, 0.2) is 29.3 Å². The number of rotatable bonds is 9. The van der Waals surface area contributed by atoms with E-state index in [2.05, 4.69) is 41.7 Å². The van der Waals surface area contributed by atoms with Gasteiger partial charge in [0.2, 0.25) is 0 Å². The summed E-state index contributed by atoms with van der Waals surface area (Å²) in [6, 6.07) is 8.07. The first-order valence-electron chi connectivity index (χ1n) is 9.30. The van der Waals surface area contributed by atoms with Gasteiger partial charge < -0.3 is 16.0 Å². The van der Waals surface area contributed by atoms with Gasteiger partial charge in [0.05, 0.1) is 0 Å². The van der Waals surface area contributed by atoms with Crippen LogP contribution >= 0.6 is 24.0 Å². The van der Waals surface area contributed by atoms with Crippen molar-refractivity contribution in [2.45, 2.75) is 59.5 Å². The first kappa shape index (κ1) is 24.7. The molecule has 148 valence electrons. The normalized spacial score (nSPS) is 12.3. The van der Waals surface area contributed by atoms with Crippen molar-refractivity contribution in [1.82, 2.24) is 16.0 Å². The maximum atomic E-state index is 12.1. The van der Waals surface area contributed by atoms with Crippen LogP contribution in [0.2, 0.25) is 0 Å². The average Bonchev–Trinajstić information content (AvgIpc) is 2.61. The third-order valence-corrected chi connectivity index (χ3v) is 3.97. The fraction of sp³-hybridized carbons (Fsp3) is 0.600. The smallest absolute Gasteiger partial charge is 0.251 e. The Morgan fingerprint density at radius 3 is 2.50 bits per heavy atom. The number of carbonyl (C=O) groups is 1. The van der Waals surface area contributed by atoms with Crippen LogP contribution in [0.1, 0.15) is 62.9 Å². The number of amides is 1. The molecule has 0 bridgehead atoms. The highest BCUT2D eigenvalue weighted by molar-refractivity contribution is 14.0. The number of nitrogens with zero attached hydrogens (tertiary/aromatic N) is 1. The Labute approximate surface area is 175 Å². The van der Waals surface area contributed by atoms with Gasteiger partial charge in [-0.3, -0.25) is 9.79 Å². The van der Waals surface area contributed by atoms with E-state index in [1.165, 1.54) is 6.42 Å². The zero-order chi connectivity index (χ0) is 18.7. The highest BCUT2D eigenvalue weighted by atomic mass is 127. The summed E-state index contributed by atoms with van der Waals surface area (Å²) in [5.41, 5.74) is 1.75. The van der Waals surface area contributed by atoms with Gasteiger partial charge in [-0.25, -0.2) is 0 Å². The molecule has 0 radical (unpaired) electrons. The van der Waals surface area contributed by atoms with Crippen LogP contribution < -0.4 is 16.0 Å². The molecule has 0 aliphatic carbocycles. The molecule has 1 unspecified atom stereocenters. The van der Waals surface area contributed by atoms with Crippen molar-refractivity contribution in [3.05, 3.63) is 35.4 Å². The third-order valence-electron chi connectivity index (χ3n) is 3.97. The Bertz CT molecular complexity index is 560. The SMILES string of the molecule is CCCNC(=O)c1cccc(CNC(=NC)NC(C)CCC(C)C)c1.I. The van der Waals surface area contributed by atoms with E-state index in [1.54, 1.807) is 7.05 Å². The van der Waals surface area contributed by atoms with Gasteiger partial charge in [0.25, 0.3) is 5.91 Å². The highest BCUT2D eigenvalue weighted by Crippen LogP contribution is 2.07. The van der Waals surface area contributed by atoms with Crippen LogP contribution in [0.5, 0.6) is 0 Å². The van der Waals surface area contributed by atoms with Crippen molar-refractivity contribution in [3.8, 4) is 0 Å². The lowest BCUT2D eigenvalue weighted by Crippen LogP contribution is -2.42. The molecule has 6 heteroatoms. The molecule has 3 N–H and O–H groups in total. The Morgan fingerprint density at radius 2 is 1.88 bits per heavy atom. The third kappa shape index (κ3) is 9.99. The molecule has 1 rings (SSSR count). The molecule has 5 nitrogen and oxygen atoms in total. The van der Waals surface area contributed by atoms with Crippen LogP contribution in [0.3, 0.4) is 0 Å². The molecular weight excluding hydrogens is 439 g/mol. The van der Waals surface area contributed by atoms with Gasteiger partial charge in [0.1, 0.15) is 0 Å². The molecule has 1 amide bonds. The first-order chi connectivity index (χ1) is 12.0. The Morgan fingerprint density at radius 1 is 1.15 bits per heavy atom. The second-order valence-electron chi connectivity index (χ2n) is 6.90. The summed E-state index contributed by atoms with van der Waals surface area (Å²) in [6.45, 7) is 10.0. The van der Waals surface area contributed by atoms with Gasteiger partial charge in [-0.1, -0.05) is 32.9 Å². The molecule has 1 aromatic carbocycles. The van der Waals surface area contributed by atoms with Gasteiger partial charge in [-0.15, -0.1) is 24.0 Å². The fourth-order valence-electron chi connectivity index (χ4n) is 2.43. The molecule has 1 aromatic rings. The maximum Gasteiger partial charge on any atom is 0.251 e. The zero-order valence-corrected chi connectivity index (χ0v) is 19.1. The van der Waals surface area contributed by atoms with Crippen LogP contribution in [0, 0.1) is 5.92 Å². The summed E-state index contributed by atoms with van der Waals surface area (Å²) in [5.74, 6) is 1.48. The maximum absolute atomic E-state index is 12.1. The second kappa shape index (κ2) is 13.8. The van der Waals surface area contributed by atoms with Crippen molar-refractivity contribution in [3.63, 3.8) is 0 Å². The van der Waals surface area contributed by atoms with Gasteiger partial charge in [0, 0.05) is 31.7 Å². The van der Waals surface area contributed by atoms with E-state index < -0.39 is 0 Å². The number of hydrogen-bond donors (Lipinski definition) is 3. The van der Waals surface area contributed by atoms with E-state index in [-0.39, 0.29) is 29.9 Å². The molecular formula is C20H35IN4O. The fourth-order valence-corrected chi connectivity index (χ4v) is 2.43. The molecule has 1 atom stereocenters. The Kier molecular flexibility index (Phi) is 13.1. The monoisotopic (exact) mass is 474 g/mol. The van der Waals surface area contributed by atoms with Crippen molar-refractivity contribution in [1.29, 1.82) is 0 Å². The van der Waals surface area contributed by atoms with E-state index in [0.717, 1.165) is 24.4 Å². The number of nitrogens with one attached hydrogen (secondary N) is 3. The molecule has 0 saturated carbocycles. The lowest BCUT2D eigenvalue weighted by molar-refractivity contribution is 0.0953. The lowest BCUT2D eigenvalue weighted by atomic mass is 10.0. The largest absolute Gasteiger partial charge is 0.354 e. The molecule has 0 spiro atoms. The van der Waals surface area contributed by atoms with Crippen molar-refractivity contribution in [2.24, 2.45) is 10.9 Å². The molecule has 0 aliphatic heterocycles. The van der Waals surface area contributed by atoms with Gasteiger partial charge >= 0.3 is 0 Å². The standard InChI is InChI=1S/C20H34N4O.HI/c1-6-12-22-19(25)18-9-7-8-17(13-18)14-23-20(21-5)24-16(4)11-10-15(2)3;/h7-9,13,15-16H,6,10-12,14H2,1-5H3,(H,22,25)(H2,21,23,24);1H. The average molecular weight is 474 g/mol. The molecule has 0 aromatic heterocycles. The van der Waals surface area contributed by atoms with Gasteiger partial charge in [0.15, 0.2) is 5.96 Å². The number of benzene rings is 1. The van der Waals surface area contributed by atoms with E-state index in [1.807, 2.05) is 31.2 Å². The van der Waals surface area contributed by atoms with Gasteiger partial charge in [-0.2, -0.15) is 0 Å². The minimum absolute atomic E-state index is 0. The minimum atomic E-state index is -0.0199. The zero-order valence-electron chi connectivity index (χ0n) is 16.8. The molecule has 0 heterocycles. The van der Waals surface area contributed by atoms with Crippen LogP contribution in [-0.4, -0.2) is 31.5 Å². The predicted molar refractivity (Wildman–Crippen MR) is 121 cm³/mol. The first-order valence-corrected chi connectivity index (χ1v) is 9.30. The summed E-state index contributed by atoms with van der Waals surface area (Å²) in [5, 5.41) is 9.64. The van der Waals surface area contributed by atoms with E-state index in [9.17, 15) is 4.79 Å². The Hall–Kier alpha value is -1.31. The molecule has 0 fully saturated rings. The Balaban J connectivity index is 0.00000625. The topological polar surface area (TPSA) is 65.5 Å². The summed E-state index contributed by atoms with van der Waals surface area (Å²) in [4.78, 5) is 16.3. The molecule has 26 heavy (non-hydrogen) atoms. The lowest BCUT2D eigenvalue weighted by Gasteiger charge is -2.19. The van der Waals surface area contributed by atoms with E-state index >= 15 is 0 Å².